The van der Waals surface area contributed by atoms with Crippen molar-refractivity contribution in [1.29, 1.82) is 0 Å². The Balaban J connectivity index is 2.74. The molecule has 0 spiro atoms. The van der Waals surface area contributed by atoms with Crippen LogP contribution in [0.15, 0.2) is 30.3 Å². The van der Waals surface area contributed by atoms with E-state index in [-0.39, 0.29) is 6.42 Å². The second kappa shape index (κ2) is 8.43. The summed E-state index contributed by atoms with van der Waals surface area (Å²) in [5, 5.41) is 11.2. The molecule has 0 aliphatic heterocycles. The summed E-state index contributed by atoms with van der Waals surface area (Å²) in [6.45, 7) is 2.38. The zero-order valence-electron chi connectivity index (χ0n) is 11.7. The lowest BCUT2D eigenvalue weighted by Crippen LogP contribution is -2.39. The molecule has 0 saturated carbocycles. The number of amides is 1. The van der Waals surface area contributed by atoms with Crippen LogP contribution in [0.3, 0.4) is 0 Å². The van der Waals surface area contributed by atoms with Crippen LogP contribution >= 0.6 is 0 Å². The molecule has 1 atom stereocenters. The predicted octanol–water partition coefficient (Wildman–Crippen LogP) is 1.69. The van der Waals surface area contributed by atoms with Crippen molar-refractivity contribution in [3.05, 3.63) is 35.9 Å². The highest BCUT2D eigenvalue weighted by Gasteiger charge is 2.17. The van der Waals surface area contributed by atoms with Crippen molar-refractivity contribution in [2.45, 2.75) is 19.4 Å². The predicted molar refractivity (Wildman–Crippen MR) is 79.7 cm³/mol. The van der Waals surface area contributed by atoms with E-state index < -0.39 is 17.9 Å². The summed E-state index contributed by atoms with van der Waals surface area (Å²) in [5.74, 6) is 1.18. The van der Waals surface area contributed by atoms with Crippen LogP contribution in [0.4, 0.5) is 0 Å². The zero-order chi connectivity index (χ0) is 15.7. The first-order valence-electron chi connectivity index (χ1n) is 6.45. The fourth-order valence-electron chi connectivity index (χ4n) is 1.61. The number of rotatable bonds is 7. The van der Waals surface area contributed by atoms with Crippen molar-refractivity contribution < 1.29 is 19.4 Å². The van der Waals surface area contributed by atoms with Gasteiger partial charge in [-0.2, -0.15) is 0 Å². The van der Waals surface area contributed by atoms with Gasteiger partial charge in [0.25, 0.3) is 0 Å². The number of nitrogens with one attached hydrogen (secondary N) is 1. The van der Waals surface area contributed by atoms with E-state index in [1.54, 1.807) is 18.2 Å². The average Bonchev–Trinajstić information content (AvgIpc) is 2.46. The van der Waals surface area contributed by atoms with Crippen molar-refractivity contribution in [2.75, 3.05) is 6.61 Å². The maximum absolute atomic E-state index is 11.7. The third-order valence-electron chi connectivity index (χ3n) is 2.57. The van der Waals surface area contributed by atoms with Crippen LogP contribution < -0.4 is 10.1 Å². The fourth-order valence-corrected chi connectivity index (χ4v) is 1.61. The van der Waals surface area contributed by atoms with Crippen LogP contribution in [0.25, 0.3) is 6.08 Å². The highest BCUT2D eigenvalue weighted by Crippen LogP contribution is 2.19. The Kier molecular flexibility index (Phi) is 6.55. The molecule has 110 valence electrons. The molecule has 2 N–H and O–H groups in total. The van der Waals surface area contributed by atoms with Crippen molar-refractivity contribution in [3.8, 4) is 18.1 Å². The highest BCUT2D eigenvalue weighted by atomic mass is 16.5. The summed E-state index contributed by atoms with van der Waals surface area (Å²) in [7, 11) is 0. The smallest absolute Gasteiger partial charge is 0.327 e. The molecule has 1 rings (SSSR count). The molecule has 0 fully saturated rings. The molecule has 5 heteroatoms. The summed E-state index contributed by atoms with van der Waals surface area (Å²) in [4.78, 5) is 22.6. The van der Waals surface area contributed by atoms with Gasteiger partial charge in [0.05, 0.1) is 6.61 Å². The second-order valence-corrected chi connectivity index (χ2v) is 4.11. The molecule has 0 bridgehead atoms. The van der Waals surface area contributed by atoms with Gasteiger partial charge in [0, 0.05) is 18.1 Å². The summed E-state index contributed by atoms with van der Waals surface area (Å²) < 4.78 is 5.42. The standard InChI is InChI=1S/C16H17NO4/c1-3-7-13(16(19)20)17-15(18)11-10-12-8-5-6-9-14(12)21-4-2/h1,5-6,8-11,13H,4,7H2,2H3,(H,17,18)(H,19,20)/b11-10+. The summed E-state index contributed by atoms with van der Waals surface area (Å²) in [6.07, 6.45) is 7.82. The number of carbonyl (C=O) groups is 2. The molecule has 1 amide bonds. The first-order valence-corrected chi connectivity index (χ1v) is 6.45. The van der Waals surface area contributed by atoms with E-state index in [1.165, 1.54) is 6.08 Å². The van der Waals surface area contributed by atoms with E-state index in [1.807, 2.05) is 19.1 Å². The van der Waals surface area contributed by atoms with Gasteiger partial charge in [0.1, 0.15) is 11.8 Å². The zero-order valence-corrected chi connectivity index (χ0v) is 11.7. The minimum Gasteiger partial charge on any atom is -0.493 e. The lowest BCUT2D eigenvalue weighted by molar-refractivity contribution is -0.141. The molecule has 0 aliphatic rings. The number of hydrogen-bond donors (Lipinski definition) is 2. The van der Waals surface area contributed by atoms with Crippen molar-refractivity contribution in [3.63, 3.8) is 0 Å². The second-order valence-electron chi connectivity index (χ2n) is 4.11. The number of benzene rings is 1. The van der Waals surface area contributed by atoms with Gasteiger partial charge >= 0.3 is 5.97 Å². The van der Waals surface area contributed by atoms with E-state index in [9.17, 15) is 9.59 Å². The Morgan fingerprint density at radius 3 is 2.81 bits per heavy atom. The highest BCUT2D eigenvalue weighted by molar-refractivity contribution is 5.94. The van der Waals surface area contributed by atoms with Gasteiger partial charge < -0.3 is 15.2 Å². The van der Waals surface area contributed by atoms with Crippen molar-refractivity contribution in [1.82, 2.24) is 5.32 Å². The minimum absolute atomic E-state index is 0.0650. The van der Waals surface area contributed by atoms with E-state index in [4.69, 9.17) is 16.3 Å². The molecular weight excluding hydrogens is 270 g/mol. The molecule has 1 aromatic rings. The van der Waals surface area contributed by atoms with E-state index >= 15 is 0 Å². The Morgan fingerprint density at radius 1 is 1.48 bits per heavy atom. The number of para-hydroxylation sites is 1. The van der Waals surface area contributed by atoms with Crippen LogP contribution in [0, 0.1) is 12.3 Å². The molecule has 1 aromatic carbocycles. The fraction of sp³-hybridized carbons (Fsp3) is 0.250. The molecule has 5 nitrogen and oxygen atoms in total. The number of hydrogen-bond acceptors (Lipinski definition) is 3. The molecular formula is C16H17NO4. The maximum atomic E-state index is 11.7. The average molecular weight is 287 g/mol. The summed E-state index contributed by atoms with van der Waals surface area (Å²) in [5.41, 5.74) is 0.735. The Hall–Kier alpha value is -2.74. The van der Waals surface area contributed by atoms with Crippen molar-refractivity contribution >= 4 is 18.0 Å². The SMILES string of the molecule is C#CCC(NC(=O)/C=C/c1ccccc1OCC)C(=O)O. The Labute approximate surface area is 123 Å². The topological polar surface area (TPSA) is 75.6 Å². The lowest BCUT2D eigenvalue weighted by atomic mass is 10.1. The molecule has 0 heterocycles. The van der Waals surface area contributed by atoms with E-state index in [0.717, 1.165) is 5.56 Å². The quantitative estimate of drug-likeness (QED) is 0.591. The van der Waals surface area contributed by atoms with E-state index in [0.29, 0.717) is 12.4 Å². The first-order chi connectivity index (χ1) is 10.1. The van der Waals surface area contributed by atoms with Crippen LogP contribution in [-0.4, -0.2) is 29.6 Å². The Morgan fingerprint density at radius 2 is 2.19 bits per heavy atom. The number of aliphatic carboxylic acids is 1. The lowest BCUT2D eigenvalue weighted by Gasteiger charge is -2.10. The van der Waals surface area contributed by atoms with Gasteiger partial charge in [0.2, 0.25) is 5.91 Å². The first kappa shape index (κ1) is 16.3. The molecule has 0 aliphatic carbocycles. The monoisotopic (exact) mass is 287 g/mol. The molecule has 21 heavy (non-hydrogen) atoms. The Bertz CT molecular complexity index is 572. The number of terminal acetylenes is 1. The number of ether oxygens (including phenoxy) is 1. The normalized spacial score (nSPS) is 11.6. The molecule has 0 saturated heterocycles. The van der Waals surface area contributed by atoms with Gasteiger partial charge in [-0.3, -0.25) is 4.79 Å². The van der Waals surface area contributed by atoms with Gasteiger partial charge in [-0.15, -0.1) is 12.3 Å². The van der Waals surface area contributed by atoms with Gasteiger partial charge in [-0.25, -0.2) is 4.79 Å². The van der Waals surface area contributed by atoms with Crippen LogP contribution in [0.1, 0.15) is 18.9 Å². The van der Waals surface area contributed by atoms with Crippen molar-refractivity contribution in [2.24, 2.45) is 0 Å². The molecule has 0 aromatic heterocycles. The third-order valence-corrected chi connectivity index (χ3v) is 2.57. The summed E-state index contributed by atoms with van der Waals surface area (Å²) in [6, 6.07) is 6.15. The van der Waals surface area contributed by atoms with Gasteiger partial charge in [-0.05, 0) is 19.1 Å². The third kappa shape index (κ3) is 5.41. The van der Waals surface area contributed by atoms with Crippen LogP contribution in [0.5, 0.6) is 5.75 Å². The van der Waals surface area contributed by atoms with Crippen LogP contribution in [0.2, 0.25) is 0 Å². The molecule has 0 radical (unpaired) electrons. The summed E-state index contributed by atoms with van der Waals surface area (Å²) >= 11 is 0. The largest absolute Gasteiger partial charge is 0.493 e. The maximum Gasteiger partial charge on any atom is 0.327 e. The van der Waals surface area contributed by atoms with E-state index in [2.05, 4.69) is 11.2 Å². The molecule has 1 unspecified atom stereocenters. The minimum atomic E-state index is -1.16. The van der Waals surface area contributed by atoms with Crippen LogP contribution in [-0.2, 0) is 9.59 Å². The number of carboxylic acid groups (broad SMARTS) is 1. The van der Waals surface area contributed by atoms with Gasteiger partial charge in [0.15, 0.2) is 0 Å². The number of carboxylic acids is 1. The number of carbonyl (C=O) groups excluding carboxylic acids is 1. The van der Waals surface area contributed by atoms with Gasteiger partial charge in [-0.1, -0.05) is 18.2 Å².